The zero-order chi connectivity index (χ0) is 12.3. The Labute approximate surface area is 103 Å². The third-order valence-corrected chi connectivity index (χ3v) is 2.44. The maximum Gasteiger partial charge on any atom is 0.271 e. The van der Waals surface area contributed by atoms with Crippen LogP contribution in [0.25, 0.3) is 0 Å². The van der Waals surface area contributed by atoms with Gasteiger partial charge in [0.2, 0.25) is 0 Å². The van der Waals surface area contributed by atoms with Crippen LogP contribution < -0.4 is 10.9 Å². The molecule has 0 fully saturated rings. The molecule has 5 heteroatoms. The van der Waals surface area contributed by atoms with E-state index in [2.05, 4.69) is 21.2 Å². The van der Waals surface area contributed by atoms with Gasteiger partial charge in [-0.25, -0.2) is 4.98 Å². The third-order valence-electron chi connectivity index (χ3n) is 2.09. The lowest BCUT2D eigenvalue weighted by Crippen LogP contribution is -2.09. The van der Waals surface area contributed by atoms with Crippen LogP contribution in [0.3, 0.4) is 0 Å². The molecule has 0 saturated carbocycles. The molecule has 17 heavy (non-hydrogen) atoms. The molecule has 0 aliphatic rings. The zero-order valence-electron chi connectivity index (χ0n) is 8.70. The molecule has 0 bridgehead atoms. The first-order valence-electron chi connectivity index (χ1n) is 4.77. The molecular weight excluding hydrogens is 238 g/mol. The number of anilines is 2. The summed E-state index contributed by atoms with van der Waals surface area (Å²) in [4.78, 5) is 17.6. The Balaban J connectivity index is 2.35. The van der Waals surface area contributed by atoms with Crippen LogP contribution in [0.1, 0.15) is 5.56 Å². The molecule has 0 aliphatic heterocycles. The molecule has 1 aromatic heterocycles. The van der Waals surface area contributed by atoms with E-state index in [1.807, 2.05) is 0 Å². The van der Waals surface area contributed by atoms with Crippen molar-refractivity contribution in [1.29, 1.82) is 0 Å². The Kier molecular flexibility index (Phi) is 3.12. The molecule has 4 nitrogen and oxygen atoms in total. The van der Waals surface area contributed by atoms with Gasteiger partial charge >= 0.3 is 0 Å². The molecule has 2 aromatic rings. The van der Waals surface area contributed by atoms with Gasteiger partial charge in [0.1, 0.15) is 5.02 Å². The summed E-state index contributed by atoms with van der Waals surface area (Å²) in [6, 6.07) is 7.18. The Morgan fingerprint density at radius 2 is 2.29 bits per heavy atom. The minimum absolute atomic E-state index is 0.0126. The van der Waals surface area contributed by atoms with Crippen molar-refractivity contribution in [3.8, 4) is 12.3 Å². The highest BCUT2D eigenvalue weighted by molar-refractivity contribution is 6.32. The molecule has 1 heterocycles. The molecular formula is C12H8ClN3O. The van der Waals surface area contributed by atoms with E-state index in [0.717, 1.165) is 11.3 Å². The van der Waals surface area contributed by atoms with Gasteiger partial charge in [0.15, 0.2) is 5.82 Å². The number of hydrogen-bond donors (Lipinski definition) is 2. The minimum Gasteiger partial charge on any atom is -0.339 e. The Morgan fingerprint density at radius 1 is 1.47 bits per heavy atom. The van der Waals surface area contributed by atoms with Gasteiger partial charge in [-0.05, 0) is 18.2 Å². The molecule has 0 spiro atoms. The van der Waals surface area contributed by atoms with Crippen LogP contribution in [0, 0.1) is 12.3 Å². The van der Waals surface area contributed by atoms with Crippen LogP contribution in [0.4, 0.5) is 11.5 Å². The summed E-state index contributed by atoms with van der Waals surface area (Å²) in [6.07, 6.45) is 6.57. The zero-order valence-corrected chi connectivity index (χ0v) is 9.45. The monoisotopic (exact) mass is 245 g/mol. The Bertz CT molecular complexity index is 643. The summed E-state index contributed by atoms with van der Waals surface area (Å²) in [5.41, 5.74) is 1.06. The highest BCUT2D eigenvalue weighted by Crippen LogP contribution is 2.19. The van der Waals surface area contributed by atoms with Gasteiger partial charge in [-0.1, -0.05) is 23.6 Å². The van der Waals surface area contributed by atoms with Gasteiger partial charge in [0.05, 0.1) is 6.33 Å². The molecule has 0 unspecified atom stereocenters. The van der Waals surface area contributed by atoms with Crippen LogP contribution in [0.5, 0.6) is 0 Å². The summed E-state index contributed by atoms with van der Waals surface area (Å²) < 4.78 is 0. The van der Waals surface area contributed by atoms with Gasteiger partial charge in [-0.2, -0.15) is 0 Å². The maximum absolute atomic E-state index is 11.3. The second kappa shape index (κ2) is 4.73. The Hall–Kier alpha value is -2.25. The van der Waals surface area contributed by atoms with E-state index < -0.39 is 5.56 Å². The Morgan fingerprint density at radius 3 is 3.06 bits per heavy atom. The molecule has 2 rings (SSSR count). The van der Waals surface area contributed by atoms with Crippen LogP contribution >= 0.6 is 11.6 Å². The third kappa shape index (κ3) is 2.47. The number of benzene rings is 1. The minimum atomic E-state index is -0.391. The normalized spacial score (nSPS) is 9.65. The van der Waals surface area contributed by atoms with Crippen LogP contribution in [-0.4, -0.2) is 9.97 Å². The van der Waals surface area contributed by atoms with Gasteiger partial charge in [-0.3, -0.25) is 4.79 Å². The fraction of sp³-hybridized carbons (Fsp3) is 0. The lowest BCUT2D eigenvalue weighted by atomic mass is 10.2. The van der Waals surface area contributed by atoms with E-state index in [1.165, 1.54) is 6.33 Å². The number of rotatable bonds is 2. The van der Waals surface area contributed by atoms with Gasteiger partial charge in [0.25, 0.3) is 5.56 Å². The number of halogens is 1. The van der Waals surface area contributed by atoms with Crippen LogP contribution in [0.15, 0.2) is 35.4 Å². The van der Waals surface area contributed by atoms with E-state index in [9.17, 15) is 4.79 Å². The van der Waals surface area contributed by atoms with Gasteiger partial charge in [-0.15, -0.1) is 6.42 Å². The first-order chi connectivity index (χ1) is 8.20. The van der Waals surface area contributed by atoms with Crippen molar-refractivity contribution in [3.63, 3.8) is 0 Å². The fourth-order valence-electron chi connectivity index (χ4n) is 1.29. The van der Waals surface area contributed by atoms with E-state index in [1.54, 1.807) is 24.3 Å². The van der Waals surface area contributed by atoms with E-state index >= 15 is 0 Å². The first kappa shape index (κ1) is 11.2. The summed E-state index contributed by atoms with van der Waals surface area (Å²) in [6.45, 7) is 0. The van der Waals surface area contributed by atoms with Crippen molar-refractivity contribution < 1.29 is 0 Å². The smallest absolute Gasteiger partial charge is 0.271 e. The van der Waals surface area contributed by atoms with E-state index in [-0.39, 0.29) is 5.02 Å². The largest absolute Gasteiger partial charge is 0.339 e. The van der Waals surface area contributed by atoms with Crippen molar-refractivity contribution >= 4 is 23.1 Å². The molecule has 0 atom stereocenters. The maximum atomic E-state index is 11.3. The van der Waals surface area contributed by atoms with Crippen LogP contribution in [0.2, 0.25) is 5.02 Å². The fourth-order valence-corrected chi connectivity index (χ4v) is 1.44. The number of terminal acetylenes is 1. The average Bonchev–Trinajstić information content (AvgIpc) is 2.35. The second-order valence-corrected chi connectivity index (χ2v) is 3.62. The summed E-state index contributed by atoms with van der Waals surface area (Å²) >= 11 is 5.81. The highest BCUT2D eigenvalue weighted by atomic mass is 35.5. The number of aromatic nitrogens is 2. The lowest BCUT2D eigenvalue weighted by Gasteiger charge is -2.06. The number of aromatic amines is 1. The lowest BCUT2D eigenvalue weighted by molar-refractivity contribution is 1.12. The first-order valence-corrected chi connectivity index (χ1v) is 5.15. The van der Waals surface area contributed by atoms with Crippen molar-refractivity contribution in [2.75, 3.05) is 5.32 Å². The number of nitrogens with one attached hydrogen (secondary N) is 2. The molecule has 1 aromatic carbocycles. The van der Waals surface area contributed by atoms with Crippen molar-refractivity contribution in [2.24, 2.45) is 0 Å². The number of nitrogens with zero attached hydrogens (tertiary/aromatic N) is 1. The predicted octanol–water partition coefficient (Wildman–Crippen LogP) is 2.15. The molecule has 0 amide bonds. The SMILES string of the molecule is C#Cc1cccc(Nc2nc[nH]c(=O)c2Cl)c1. The van der Waals surface area contributed by atoms with E-state index in [4.69, 9.17) is 18.0 Å². The molecule has 0 aliphatic carbocycles. The van der Waals surface area contributed by atoms with Crippen molar-refractivity contribution in [3.05, 3.63) is 51.5 Å². The highest BCUT2D eigenvalue weighted by Gasteiger charge is 2.05. The summed E-state index contributed by atoms with van der Waals surface area (Å²) in [5.74, 6) is 2.81. The predicted molar refractivity (Wildman–Crippen MR) is 67.5 cm³/mol. The van der Waals surface area contributed by atoms with Crippen LogP contribution in [-0.2, 0) is 0 Å². The number of H-pyrrole nitrogens is 1. The second-order valence-electron chi connectivity index (χ2n) is 3.24. The van der Waals surface area contributed by atoms with Gasteiger partial charge < -0.3 is 10.3 Å². The van der Waals surface area contributed by atoms with E-state index in [0.29, 0.717) is 5.82 Å². The topological polar surface area (TPSA) is 57.8 Å². The molecule has 0 radical (unpaired) electrons. The summed E-state index contributed by atoms with van der Waals surface area (Å²) in [5, 5.41) is 2.94. The van der Waals surface area contributed by atoms with Crippen molar-refractivity contribution in [1.82, 2.24) is 9.97 Å². The molecule has 0 saturated heterocycles. The molecule has 2 N–H and O–H groups in total. The average molecular weight is 246 g/mol. The van der Waals surface area contributed by atoms with Gasteiger partial charge in [0, 0.05) is 11.3 Å². The summed E-state index contributed by atoms with van der Waals surface area (Å²) in [7, 11) is 0. The number of hydrogen-bond acceptors (Lipinski definition) is 3. The molecule has 84 valence electrons. The quantitative estimate of drug-likeness (QED) is 0.797. The van der Waals surface area contributed by atoms with Crippen molar-refractivity contribution in [2.45, 2.75) is 0 Å². The standard InChI is InChI=1S/C12H8ClN3O/c1-2-8-4-3-5-9(6-8)16-11-10(13)12(17)15-7-14-11/h1,3-7H,(H2,14,15,16,17).